The molecule has 0 aromatic carbocycles. The summed E-state index contributed by atoms with van der Waals surface area (Å²) in [6.07, 6.45) is 5.37. The first kappa shape index (κ1) is 15.0. The molecule has 0 fully saturated rings. The molecular formula is C14H30O. The largest absolute Gasteiger partial charge is 0.389 e. The van der Waals surface area contributed by atoms with E-state index in [4.69, 9.17) is 0 Å². The molecule has 0 radical (unpaired) electrons. The van der Waals surface area contributed by atoms with Gasteiger partial charge in [-0.25, -0.2) is 0 Å². The van der Waals surface area contributed by atoms with E-state index in [1.807, 2.05) is 0 Å². The molecule has 0 spiro atoms. The zero-order valence-corrected chi connectivity index (χ0v) is 11.6. The Bertz CT molecular complexity index is 169. The summed E-state index contributed by atoms with van der Waals surface area (Å²) in [6, 6.07) is 0. The molecule has 0 saturated heterocycles. The molecule has 0 aromatic heterocycles. The van der Waals surface area contributed by atoms with Gasteiger partial charge in [0.15, 0.2) is 0 Å². The van der Waals surface area contributed by atoms with Crippen LogP contribution in [0.15, 0.2) is 0 Å². The number of aliphatic hydroxyl groups is 1. The molecule has 0 aliphatic heterocycles. The van der Waals surface area contributed by atoms with E-state index in [9.17, 15) is 5.11 Å². The fraction of sp³-hybridized carbons (Fsp3) is 1.00. The molecule has 0 saturated carbocycles. The van der Waals surface area contributed by atoms with Gasteiger partial charge in [0, 0.05) is 0 Å². The van der Waals surface area contributed by atoms with Crippen molar-refractivity contribution in [2.75, 3.05) is 0 Å². The van der Waals surface area contributed by atoms with Crippen molar-refractivity contribution in [1.82, 2.24) is 0 Å². The molecule has 2 atom stereocenters. The van der Waals surface area contributed by atoms with Gasteiger partial charge in [0.05, 0.1) is 5.60 Å². The van der Waals surface area contributed by atoms with Crippen LogP contribution in [0.4, 0.5) is 0 Å². The van der Waals surface area contributed by atoms with Gasteiger partial charge in [0.1, 0.15) is 0 Å². The zero-order valence-electron chi connectivity index (χ0n) is 11.6. The van der Waals surface area contributed by atoms with Gasteiger partial charge in [-0.3, -0.25) is 0 Å². The summed E-state index contributed by atoms with van der Waals surface area (Å²) in [5, 5.41) is 10.7. The molecule has 15 heavy (non-hydrogen) atoms. The van der Waals surface area contributed by atoms with Crippen LogP contribution in [0.3, 0.4) is 0 Å². The molecule has 1 heteroatoms. The van der Waals surface area contributed by atoms with Crippen molar-refractivity contribution >= 4 is 0 Å². The fourth-order valence-electron chi connectivity index (χ4n) is 2.37. The Morgan fingerprint density at radius 2 is 1.60 bits per heavy atom. The summed E-state index contributed by atoms with van der Waals surface area (Å²) < 4.78 is 0. The summed E-state index contributed by atoms with van der Waals surface area (Å²) >= 11 is 0. The minimum absolute atomic E-state index is 0.00892. The predicted octanol–water partition coefficient (Wildman–Crippen LogP) is 4.39. The highest BCUT2D eigenvalue weighted by atomic mass is 16.3. The number of hydrogen-bond acceptors (Lipinski definition) is 1. The highest BCUT2D eigenvalue weighted by Gasteiger charge is 2.39. The zero-order chi connectivity index (χ0) is 12.1. The lowest BCUT2D eigenvalue weighted by Gasteiger charge is -2.42. The van der Waals surface area contributed by atoms with Gasteiger partial charge in [-0.2, -0.15) is 0 Å². The van der Waals surface area contributed by atoms with Gasteiger partial charge in [-0.05, 0) is 24.2 Å². The van der Waals surface area contributed by atoms with Gasteiger partial charge < -0.3 is 5.11 Å². The van der Waals surface area contributed by atoms with Crippen LogP contribution in [0.1, 0.15) is 73.6 Å². The molecule has 92 valence electrons. The van der Waals surface area contributed by atoms with Crippen molar-refractivity contribution < 1.29 is 5.11 Å². The van der Waals surface area contributed by atoms with Crippen molar-refractivity contribution in [3.05, 3.63) is 0 Å². The minimum Gasteiger partial charge on any atom is -0.389 e. The van der Waals surface area contributed by atoms with Crippen molar-refractivity contribution in [1.29, 1.82) is 0 Å². The molecule has 1 nitrogen and oxygen atoms in total. The van der Waals surface area contributed by atoms with Crippen molar-refractivity contribution in [2.45, 2.75) is 79.2 Å². The third kappa shape index (κ3) is 4.55. The lowest BCUT2D eigenvalue weighted by atomic mass is 9.69. The molecule has 1 N–H and O–H groups in total. The van der Waals surface area contributed by atoms with Gasteiger partial charge in [-0.15, -0.1) is 0 Å². The minimum atomic E-state index is -0.490. The topological polar surface area (TPSA) is 20.2 Å². The molecule has 0 heterocycles. The Morgan fingerprint density at radius 3 is 1.93 bits per heavy atom. The summed E-state index contributed by atoms with van der Waals surface area (Å²) in [7, 11) is 0. The quantitative estimate of drug-likeness (QED) is 0.695. The van der Waals surface area contributed by atoms with E-state index in [2.05, 4.69) is 41.5 Å². The SMILES string of the molecule is CCCC(C)CC(O)(CCC)C(C)(C)C. The maximum Gasteiger partial charge on any atom is 0.0698 e. The normalized spacial score (nSPS) is 18.6. The third-order valence-corrected chi connectivity index (χ3v) is 3.53. The van der Waals surface area contributed by atoms with E-state index in [1.165, 1.54) is 12.8 Å². The van der Waals surface area contributed by atoms with E-state index < -0.39 is 5.60 Å². The van der Waals surface area contributed by atoms with Gasteiger partial charge in [0.25, 0.3) is 0 Å². The Morgan fingerprint density at radius 1 is 1.07 bits per heavy atom. The van der Waals surface area contributed by atoms with E-state index in [1.54, 1.807) is 0 Å². The summed E-state index contributed by atoms with van der Waals surface area (Å²) in [6.45, 7) is 13.1. The lowest BCUT2D eigenvalue weighted by Crippen LogP contribution is -2.44. The van der Waals surface area contributed by atoms with Gasteiger partial charge in [0.2, 0.25) is 0 Å². The lowest BCUT2D eigenvalue weighted by molar-refractivity contribution is -0.0817. The standard InChI is InChI=1S/C14H30O/c1-7-9-12(3)11-14(15,10-8-2)13(4,5)6/h12,15H,7-11H2,1-6H3. The van der Waals surface area contributed by atoms with Crippen LogP contribution < -0.4 is 0 Å². The van der Waals surface area contributed by atoms with Gasteiger partial charge in [-0.1, -0.05) is 60.8 Å². The van der Waals surface area contributed by atoms with Crippen molar-refractivity contribution in [3.63, 3.8) is 0 Å². The average molecular weight is 214 g/mol. The first-order chi connectivity index (χ1) is 6.77. The second-order valence-electron chi connectivity index (χ2n) is 6.13. The average Bonchev–Trinajstić information content (AvgIpc) is 2.02. The van der Waals surface area contributed by atoms with E-state index in [-0.39, 0.29) is 5.41 Å². The third-order valence-electron chi connectivity index (χ3n) is 3.53. The highest BCUT2D eigenvalue weighted by molar-refractivity contribution is 4.91. The Hall–Kier alpha value is -0.0400. The van der Waals surface area contributed by atoms with Gasteiger partial charge >= 0.3 is 0 Å². The van der Waals surface area contributed by atoms with Crippen LogP contribution in [0.2, 0.25) is 0 Å². The van der Waals surface area contributed by atoms with Crippen LogP contribution in [0.25, 0.3) is 0 Å². The van der Waals surface area contributed by atoms with Crippen LogP contribution >= 0.6 is 0 Å². The van der Waals surface area contributed by atoms with Crippen LogP contribution in [0, 0.1) is 11.3 Å². The Labute approximate surface area is 96.3 Å². The second kappa shape index (κ2) is 5.89. The molecular weight excluding hydrogens is 184 g/mol. The summed E-state index contributed by atoms with van der Waals surface area (Å²) in [5.74, 6) is 0.630. The fourth-order valence-corrected chi connectivity index (χ4v) is 2.37. The first-order valence-corrected chi connectivity index (χ1v) is 6.49. The van der Waals surface area contributed by atoms with Crippen LogP contribution in [-0.2, 0) is 0 Å². The molecule has 0 aromatic rings. The molecule has 0 bridgehead atoms. The highest BCUT2D eigenvalue weighted by Crippen LogP contribution is 2.39. The van der Waals surface area contributed by atoms with E-state index in [0.29, 0.717) is 5.92 Å². The molecule has 0 rings (SSSR count). The van der Waals surface area contributed by atoms with Crippen molar-refractivity contribution in [3.8, 4) is 0 Å². The number of rotatable bonds is 6. The Kier molecular flexibility index (Phi) is 5.87. The monoisotopic (exact) mass is 214 g/mol. The first-order valence-electron chi connectivity index (χ1n) is 6.49. The maximum absolute atomic E-state index is 10.7. The summed E-state index contributed by atoms with van der Waals surface area (Å²) in [5.41, 5.74) is -0.499. The van der Waals surface area contributed by atoms with Crippen molar-refractivity contribution in [2.24, 2.45) is 11.3 Å². The molecule has 0 aliphatic rings. The smallest absolute Gasteiger partial charge is 0.0698 e. The van der Waals surface area contributed by atoms with Crippen LogP contribution in [0.5, 0.6) is 0 Å². The molecule has 2 unspecified atom stereocenters. The van der Waals surface area contributed by atoms with E-state index in [0.717, 1.165) is 19.3 Å². The molecule has 0 amide bonds. The predicted molar refractivity (Wildman–Crippen MR) is 68.0 cm³/mol. The summed E-state index contributed by atoms with van der Waals surface area (Å²) in [4.78, 5) is 0. The van der Waals surface area contributed by atoms with E-state index >= 15 is 0 Å². The maximum atomic E-state index is 10.7. The second-order valence-corrected chi connectivity index (χ2v) is 6.13. The molecule has 0 aliphatic carbocycles. The number of hydrogen-bond donors (Lipinski definition) is 1. The Balaban J connectivity index is 4.51. The van der Waals surface area contributed by atoms with Crippen LogP contribution in [-0.4, -0.2) is 10.7 Å².